The van der Waals surface area contributed by atoms with Crippen molar-refractivity contribution in [3.8, 4) is 0 Å². The van der Waals surface area contributed by atoms with Gasteiger partial charge in [-0.2, -0.15) is 0 Å². The van der Waals surface area contributed by atoms with E-state index in [1.54, 1.807) is 0 Å². The van der Waals surface area contributed by atoms with Crippen LogP contribution in [0.4, 0.5) is 0 Å². The van der Waals surface area contributed by atoms with Crippen LogP contribution in [0.3, 0.4) is 0 Å². The molecule has 1 nitrogen and oxygen atoms in total. The van der Waals surface area contributed by atoms with Gasteiger partial charge in [-0.05, 0) is 25.7 Å². The molecule has 12 heavy (non-hydrogen) atoms. The molecule has 1 fully saturated rings. The Kier molecular flexibility index (Phi) is 3.57. The Morgan fingerprint density at radius 1 is 1.17 bits per heavy atom. The Balaban J connectivity index is 2.56. The van der Waals surface area contributed by atoms with Crippen LogP contribution in [0.15, 0.2) is 0 Å². The molecule has 0 atom stereocenters. The van der Waals surface area contributed by atoms with Gasteiger partial charge in [-0.25, -0.2) is 0 Å². The Bertz CT molecular complexity index is 117. The maximum absolute atomic E-state index is 5.93. The molecule has 0 spiro atoms. The molecule has 0 bridgehead atoms. The lowest BCUT2D eigenvalue weighted by Gasteiger charge is -2.40. The fourth-order valence-electron chi connectivity index (χ4n) is 2.33. The maximum atomic E-state index is 5.93. The summed E-state index contributed by atoms with van der Waals surface area (Å²) in [5, 5.41) is 0. The largest absolute Gasteiger partial charge is 0.375 e. The Labute approximate surface area is 76.5 Å². The van der Waals surface area contributed by atoms with Crippen LogP contribution in [0, 0.1) is 5.92 Å². The lowest BCUT2D eigenvalue weighted by molar-refractivity contribution is -0.0962. The minimum atomic E-state index is 0.229. The number of ether oxygens (including phenoxy) is 1. The van der Waals surface area contributed by atoms with Crippen LogP contribution < -0.4 is 0 Å². The molecule has 0 amide bonds. The second-order valence-corrected chi connectivity index (χ2v) is 4.21. The monoisotopic (exact) mass is 170 g/mol. The smallest absolute Gasteiger partial charge is 0.0705 e. The van der Waals surface area contributed by atoms with Crippen LogP contribution in [0.25, 0.3) is 0 Å². The molecule has 1 saturated carbocycles. The minimum absolute atomic E-state index is 0.229. The van der Waals surface area contributed by atoms with Gasteiger partial charge in [-0.1, -0.05) is 33.1 Å². The molecule has 1 heteroatoms. The van der Waals surface area contributed by atoms with Crippen molar-refractivity contribution in [3.63, 3.8) is 0 Å². The predicted molar refractivity (Wildman–Crippen MR) is 52.3 cm³/mol. The van der Waals surface area contributed by atoms with E-state index in [9.17, 15) is 0 Å². The van der Waals surface area contributed by atoms with Crippen molar-refractivity contribution in [1.29, 1.82) is 0 Å². The van der Waals surface area contributed by atoms with E-state index >= 15 is 0 Å². The first-order valence-electron chi connectivity index (χ1n) is 5.35. The average molecular weight is 170 g/mol. The second-order valence-electron chi connectivity index (χ2n) is 4.21. The lowest BCUT2D eigenvalue weighted by atomic mass is 9.77. The van der Waals surface area contributed by atoms with Crippen molar-refractivity contribution < 1.29 is 4.74 Å². The van der Waals surface area contributed by atoms with Gasteiger partial charge in [0.05, 0.1) is 5.60 Å². The van der Waals surface area contributed by atoms with Gasteiger partial charge in [0, 0.05) is 6.61 Å². The van der Waals surface area contributed by atoms with E-state index in [2.05, 4.69) is 20.8 Å². The van der Waals surface area contributed by atoms with Gasteiger partial charge in [-0.15, -0.1) is 0 Å². The summed E-state index contributed by atoms with van der Waals surface area (Å²) >= 11 is 0. The van der Waals surface area contributed by atoms with Gasteiger partial charge in [0.1, 0.15) is 0 Å². The quantitative estimate of drug-likeness (QED) is 0.631. The van der Waals surface area contributed by atoms with Crippen molar-refractivity contribution in [3.05, 3.63) is 0 Å². The van der Waals surface area contributed by atoms with E-state index in [0.717, 1.165) is 6.61 Å². The first kappa shape index (κ1) is 10.0. The van der Waals surface area contributed by atoms with Gasteiger partial charge in [0.15, 0.2) is 0 Å². The van der Waals surface area contributed by atoms with Gasteiger partial charge >= 0.3 is 0 Å². The summed E-state index contributed by atoms with van der Waals surface area (Å²) in [5.74, 6) is 0.678. The maximum Gasteiger partial charge on any atom is 0.0705 e. The van der Waals surface area contributed by atoms with E-state index in [4.69, 9.17) is 4.74 Å². The summed E-state index contributed by atoms with van der Waals surface area (Å²) in [7, 11) is 0. The molecule has 0 aromatic heterocycles. The molecule has 0 unspecified atom stereocenters. The molecule has 0 N–H and O–H groups in total. The van der Waals surface area contributed by atoms with E-state index < -0.39 is 0 Å². The number of hydrogen-bond donors (Lipinski definition) is 0. The molecule has 0 aromatic carbocycles. The summed E-state index contributed by atoms with van der Waals surface area (Å²) in [5.41, 5.74) is 0.229. The molecular weight excluding hydrogens is 148 g/mol. The van der Waals surface area contributed by atoms with Crippen molar-refractivity contribution >= 4 is 0 Å². The Hall–Kier alpha value is -0.0400. The molecule has 1 aliphatic carbocycles. The number of hydrogen-bond acceptors (Lipinski definition) is 1. The van der Waals surface area contributed by atoms with Gasteiger partial charge in [-0.3, -0.25) is 0 Å². The highest BCUT2D eigenvalue weighted by atomic mass is 16.5. The van der Waals surface area contributed by atoms with Gasteiger partial charge in [0.25, 0.3) is 0 Å². The van der Waals surface area contributed by atoms with Crippen LogP contribution >= 0.6 is 0 Å². The zero-order valence-corrected chi connectivity index (χ0v) is 8.73. The topological polar surface area (TPSA) is 9.23 Å². The van der Waals surface area contributed by atoms with E-state index in [1.807, 2.05) is 0 Å². The first-order valence-corrected chi connectivity index (χ1v) is 5.35. The third-order valence-corrected chi connectivity index (χ3v) is 3.18. The normalized spacial score (nSPS) is 23.0. The highest BCUT2D eigenvalue weighted by molar-refractivity contribution is 4.87. The summed E-state index contributed by atoms with van der Waals surface area (Å²) < 4.78 is 5.93. The van der Waals surface area contributed by atoms with Crippen LogP contribution in [0.5, 0.6) is 0 Å². The Morgan fingerprint density at radius 2 is 1.75 bits per heavy atom. The van der Waals surface area contributed by atoms with Crippen molar-refractivity contribution in [2.75, 3.05) is 6.61 Å². The molecule has 0 aromatic rings. The summed E-state index contributed by atoms with van der Waals surface area (Å²) in [4.78, 5) is 0. The summed E-state index contributed by atoms with van der Waals surface area (Å²) in [6.07, 6.45) is 6.68. The second kappa shape index (κ2) is 4.27. The standard InChI is InChI=1S/C11H22O/c1-4-12-11(10(2)3)8-6-5-7-9-11/h10H,4-9H2,1-3H3. The molecule has 0 heterocycles. The third kappa shape index (κ3) is 2.01. The van der Waals surface area contributed by atoms with Crippen LogP contribution in [0.1, 0.15) is 52.9 Å². The molecule has 0 aliphatic heterocycles. The fraction of sp³-hybridized carbons (Fsp3) is 1.00. The number of rotatable bonds is 3. The van der Waals surface area contributed by atoms with E-state index in [1.165, 1.54) is 32.1 Å². The minimum Gasteiger partial charge on any atom is -0.375 e. The predicted octanol–water partition coefficient (Wildman–Crippen LogP) is 3.38. The first-order chi connectivity index (χ1) is 5.71. The summed E-state index contributed by atoms with van der Waals surface area (Å²) in [6.45, 7) is 7.57. The van der Waals surface area contributed by atoms with E-state index in [-0.39, 0.29) is 5.60 Å². The highest BCUT2D eigenvalue weighted by Gasteiger charge is 2.35. The zero-order valence-electron chi connectivity index (χ0n) is 8.73. The van der Waals surface area contributed by atoms with Gasteiger partial charge < -0.3 is 4.74 Å². The zero-order chi connectivity index (χ0) is 9.03. The molecular formula is C11H22O. The lowest BCUT2D eigenvalue weighted by Crippen LogP contribution is -2.40. The van der Waals surface area contributed by atoms with E-state index in [0.29, 0.717) is 5.92 Å². The van der Waals surface area contributed by atoms with Crippen LogP contribution in [-0.4, -0.2) is 12.2 Å². The van der Waals surface area contributed by atoms with Crippen LogP contribution in [-0.2, 0) is 4.74 Å². The molecule has 0 saturated heterocycles. The molecule has 1 aliphatic rings. The van der Waals surface area contributed by atoms with Gasteiger partial charge in [0.2, 0.25) is 0 Å². The molecule has 0 radical (unpaired) electrons. The molecule has 1 rings (SSSR count). The SMILES string of the molecule is CCOC1(C(C)C)CCCCC1. The third-order valence-electron chi connectivity index (χ3n) is 3.18. The summed E-state index contributed by atoms with van der Waals surface area (Å²) in [6, 6.07) is 0. The fourth-order valence-corrected chi connectivity index (χ4v) is 2.33. The van der Waals surface area contributed by atoms with Crippen molar-refractivity contribution in [2.24, 2.45) is 5.92 Å². The van der Waals surface area contributed by atoms with Crippen LogP contribution in [0.2, 0.25) is 0 Å². The van der Waals surface area contributed by atoms with Crippen molar-refractivity contribution in [1.82, 2.24) is 0 Å². The Morgan fingerprint density at radius 3 is 2.17 bits per heavy atom. The molecule has 72 valence electrons. The van der Waals surface area contributed by atoms with Crippen molar-refractivity contribution in [2.45, 2.75) is 58.5 Å². The average Bonchev–Trinajstić information content (AvgIpc) is 2.06. The highest BCUT2D eigenvalue weighted by Crippen LogP contribution is 2.37.